The number of carboxylic acids is 1. The number of halogens is 7. The molecule has 2 aromatic rings. The number of hydrogen-bond donors (Lipinski definition) is 3. The fourth-order valence-corrected chi connectivity index (χ4v) is 4.88. The lowest BCUT2D eigenvalue weighted by Gasteiger charge is -2.22. The van der Waals surface area contributed by atoms with Gasteiger partial charge in [0.2, 0.25) is 0 Å². The normalized spacial score (nSPS) is 16.0. The molecule has 0 radical (unpaired) electrons. The average molecular weight is 531 g/mol. The highest BCUT2D eigenvalue weighted by atomic mass is 35.5. The van der Waals surface area contributed by atoms with Crippen molar-refractivity contribution < 1.29 is 40.5 Å². The first-order valence-electron chi connectivity index (χ1n) is 9.77. The monoisotopic (exact) mass is 530 g/mol. The number of nitrogens with two attached hydrogens (primary N) is 1. The summed E-state index contributed by atoms with van der Waals surface area (Å²) in [6.07, 6.45) is -10.4. The molecule has 4 N–H and O–H groups in total. The van der Waals surface area contributed by atoms with E-state index in [0.717, 1.165) is 24.3 Å². The van der Waals surface area contributed by atoms with Gasteiger partial charge in [0.1, 0.15) is 6.04 Å². The maximum atomic E-state index is 13.7. The topological polar surface area (TPSA) is 104 Å². The van der Waals surface area contributed by atoms with E-state index < -0.39 is 68.5 Å². The number of carbonyl (C=O) groups is 1. The van der Waals surface area contributed by atoms with Crippen LogP contribution in [0.4, 0.5) is 26.3 Å². The van der Waals surface area contributed by atoms with Crippen molar-refractivity contribution in [3.63, 3.8) is 0 Å². The fourth-order valence-electron chi connectivity index (χ4n) is 3.20. The minimum Gasteiger partial charge on any atom is -0.480 e. The first kappa shape index (κ1) is 27.9. The van der Waals surface area contributed by atoms with Crippen LogP contribution in [0.25, 0.3) is 11.1 Å². The van der Waals surface area contributed by atoms with Gasteiger partial charge in [0, 0.05) is 21.2 Å². The van der Waals surface area contributed by atoms with Crippen molar-refractivity contribution in [2.24, 2.45) is 5.73 Å². The maximum absolute atomic E-state index is 13.7. The van der Waals surface area contributed by atoms with Crippen LogP contribution < -0.4 is 5.73 Å². The summed E-state index contributed by atoms with van der Waals surface area (Å²) in [4.78, 5) is 10.7. The van der Waals surface area contributed by atoms with Crippen LogP contribution in [0.2, 0.25) is 5.02 Å². The van der Waals surface area contributed by atoms with Gasteiger partial charge < -0.3 is 10.8 Å². The third-order valence-corrected chi connectivity index (χ3v) is 7.25. The summed E-state index contributed by atoms with van der Waals surface area (Å²) < 4.78 is 100. The molecule has 0 aliphatic rings. The molecule has 2 rings (SSSR count). The Balaban J connectivity index is 2.22. The smallest absolute Gasteiger partial charge is 0.417 e. The van der Waals surface area contributed by atoms with E-state index in [1.54, 1.807) is 0 Å². The fraction of sp³-hybridized carbons (Fsp3) is 0.381. The Morgan fingerprint density at radius 1 is 1.00 bits per heavy atom. The molecule has 0 saturated heterocycles. The van der Waals surface area contributed by atoms with Gasteiger partial charge in [-0.3, -0.25) is 9.57 Å². The predicted octanol–water partition coefficient (Wildman–Crippen LogP) is 5.91. The van der Waals surface area contributed by atoms with Gasteiger partial charge in [-0.05, 0) is 41.7 Å². The summed E-state index contributed by atoms with van der Waals surface area (Å²) in [7, 11) is -3.51. The summed E-state index contributed by atoms with van der Waals surface area (Å²) in [5.41, 5.74) is 4.35. The van der Waals surface area contributed by atoms with Crippen LogP contribution in [0.5, 0.6) is 0 Å². The van der Waals surface area contributed by atoms with Gasteiger partial charge in [0.05, 0.1) is 16.5 Å². The van der Waals surface area contributed by atoms with Gasteiger partial charge in [0.15, 0.2) is 0 Å². The molecule has 13 heteroatoms. The zero-order valence-electron chi connectivity index (χ0n) is 17.4. The number of carboxylic acid groups (broad SMARTS) is 1. The van der Waals surface area contributed by atoms with Crippen molar-refractivity contribution in [1.29, 1.82) is 4.78 Å². The van der Waals surface area contributed by atoms with Crippen LogP contribution in [0.1, 0.15) is 29.9 Å². The molecule has 0 bridgehead atoms. The molecule has 0 fully saturated rings. The lowest BCUT2D eigenvalue weighted by atomic mass is 9.93. The molecule has 5 nitrogen and oxygen atoms in total. The third-order valence-electron chi connectivity index (χ3n) is 5.13. The van der Waals surface area contributed by atoms with Crippen LogP contribution >= 0.6 is 11.6 Å². The molecule has 0 aliphatic carbocycles. The zero-order chi connectivity index (χ0) is 25.9. The lowest BCUT2D eigenvalue weighted by molar-refractivity contribution is -0.150. The number of rotatable bonds is 9. The zero-order valence-corrected chi connectivity index (χ0v) is 19.0. The highest BCUT2D eigenvalue weighted by Crippen LogP contribution is 2.40. The van der Waals surface area contributed by atoms with E-state index in [4.69, 9.17) is 27.2 Å². The Hall–Kier alpha value is -2.31. The quantitative estimate of drug-likeness (QED) is 0.350. The molecule has 2 aromatic carbocycles. The van der Waals surface area contributed by atoms with Crippen LogP contribution in [0, 0.1) is 4.78 Å². The van der Waals surface area contributed by atoms with Crippen LogP contribution in [-0.4, -0.2) is 39.0 Å². The largest absolute Gasteiger partial charge is 0.480 e. The Labute approximate surface area is 196 Å². The van der Waals surface area contributed by atoms with Crippen LogP contribution in [0.15, 0.2) is 42.5 Å². The number of hydrogen-bond acceptors (Lipinski definition) is 4. The molecule has 0 saturated carbocycles. The third kappa shape index (κ3) is 7.60. The Kier molecular flexibility index (Phi) is 8.65. The highest BCUT2D eigenvalue weighted by Gasteiger charge is 2.41. The van der Waals surface area contributed by atoms with Gasteiger partial charge in [-0.1, -0.05) is 41.9 Å². The molecular weight excluding hydrogens is 510 g/mol. The standard InChI is InChI=1S/C21H21ClF6N2O3S/c22-17-6-5-14(11-16(17)21(26,27)28)12-1-3-13(4-2-12)15(20(23,24)25)7-9-34(30,33)10-8-18(29)19(31)32/h1-6,11,15,18,30H,7-10,29H2,(H,31,32)/t15?,18-,34?/m0/s1. The minimum absolute atomic E-state index is 0.107. The van der Waals surface area contributed by atoms with Crippen LogP contribution in [-0.2, 0) is 20.7 Å². The van der Waals surface area contributed by atoms with Crippen LogP contribution in [0.3, 0.4) is 0 Å². The van der Waals surface area contributed by atoms with Gasteiger partial charge in [0.25, 0.3) is 0 Å². The summed E-state index contributed by atoms with van der Waals surface area (Å²) in [5.74, 6) is -4.53. The molecule has 0 amide bonds. The Morgan fingerprint density at radius 2 is 1.53 bits per heavy atom. The van der Waals surface area contributed by atoms with Crippen molar-refractivity contribution in [1.82, 2.24) is 0 Å². The van der Waals surface area contributed by atoms with E-state index >= 15 is 0 Å². The molecule has 0 aliphatic heterocycles. The SMILES string of the molecule is N=S(=O)(CCC(c1ccc(-c2ccc(Cl)c(C(F)(F)F)c2)cc1)C(F)(F)F)CC[C@H](N)C(=O)O. The Morgan fingerprint density at radius 3 is 2.03 bits per heavy atom. The van der Waals surface area contributed by atoms with E-state index in [-0.39, 0.29) is 23.1 Å². The van der Waals surface area contributed by atoms with Gasteiger partial charge in [-0.15, -0.1) is 0 Å². The van der Waals surface area contributed by atoms with Gasteiger partial charge >= 0.3 is 18.3 Å². The Bertz CT molecular complexity index is 1120. The second-order valence-corrected chi connectivity index (χ2v) is 10.5. The van der Waals surface area contributed by atoms with E-state index in [1.807, 2.05) is 0 Å². The number of benzene rings is 2. The van der Waals surface area contributed by atoms with Crippen molar-refractivity contribution in [2.45, 2.75) is 37.2 Å². The summed E-state index contributed by atoms with van der Waals surface area (Å²) in [6, 6.07) is 6.49. The van der Waals surface area contributed by atoms with Gasteiger partial charge in [-0.2, -0.15) is 26.3 Å². The summed E-state index contributed by atoms with van der Waals surface area (Å²) >= 11 is 5.59. The molecule has 0 heterocycles. The molecular formula is C21H21ClF6N2O3S. The van der Waals surface area contributed by atoms with E-state index in [1.165, 1.54) is 18.2 Å². The summed E-state index contributed by atoms with van der Waals surface area (Å²) in [5, 5.41) is 8.23. The van der Waals surface area contributed by atoms with Crippen molar-refractivity contribution >= 4 is 27.3 Å². The second-order valence-electron chi connectivity index (χ2n) is 7.65. The van der Waals surface area contributed by atoms with Crippen molar-refractivity contribution in [2.75, 3.05) is 11.5 Å². The lowest BCUT2D eigenvalue weighted by Crippen LogP contribution is -2.32. The van der Waals surface area contributed by atoms with E-state index in [2.05, 4.69) is 0 Å². The predicted molar refractivity (Wildman–Crippen MR) is 116 cm³/mol. The first-order chi connectivity index (χ1) is 15.5. The molecule has 34 heavy (non-hydrogen) atoms. The maximum Gasteiger partial charge on any atom is 0.417 e. The molecule has 188 valence electrons. The number of aliphatic carboxylic acids is 1. The molecule has 0 spiro atoms. The second kappa shape index (κ2) is 10.5. The average Bonchev–Trinajstić information content (AvgIpc) is 2.71. The number of alkyl halides is 6. The van der Waals surface area contributed by atoms with Crippen molar-refractivity contribution in [3.8, 4) is 11.1 Å². The molecule has 0 aromatic heterocycles. The molecule has 2 unspecified atom stereocenters. The van der Waals surface area contributed by atoms with E-state index in [0.29, 0.717) is 0 Å². The van der Waals surface area contributed by atoms with E-state index in [9.17, 15) is 35.3 Å². The number of nitrogens with one attached hydrogen (secondary N) is 1. The van der Waals surface area contributed by atoms with Gasteiger partial charge in [-0.25, -0.2) is 4.21 Å². The highest BCUT2D eigenvalue weighted by molar-refractivity contribution is 7.92. The molecule has 3 atom stereocenters. The minimum atomic E-state index is -4.74. The summed E-state index contributed by atoms with van der Waals surface area (Å²) in [6.45, 7) is 0. The van der Waals surface area contributed by atoms with Crippen molar-refractivity contribution in [3.05, 3.63) is 58.6 Å². The first-order valence-corrected chi connectivity index (χ1v) is 12.0.